The van der Waals surface area contributed by atoms with Gasteiger partial charge in [0.2, 0.25) is 0 Å². The lowest BCUT2D eigenvalue weighted by Crippen LogP contribution is -2.47. The van der Waals surface area contributed by atoms with Gasteiger partial charge < -0.3 is 10.6 Å². The van der Waals surface area contributed by atoms with Crippen molar-refractivity contribution in [2.75, 3.05) is 13.6 Å². The van der Waals surface area contributed by atoms with Crippen LogP contribution in [0.1, 0.15) is 44.2 Å². The number of nitrogens with two attached hydrogens (primary N) is 1. The smallest absolute Gasteiger partial charge is 0.0416 e. The van der Waals surface area contributed by atoms with Gasteiger partial charge >= 0.3 is 0 Å². The molecular weight excluding hydrogens is 234 g/mol. The van der Waals surface area contributed by atoms with E-state index in [0.29, 0.717) is 12.1 Å². The molecule has 2 N–H and O–H groups in total. The molecule has 0 saturated heterocycles. The fourth-order valence-electron chi connectivity index (χ4n) is 3.04. The largest absolute Gasteiger partial charge is 0.326 e. The van der Waals surface area contributed by atoms with Crippen LogP contribution in [0, 0.1) is 0 Å². The van der Waals surface area contributed by atoms with Crippen molar-refractivity contribution < 1.29 is 0 Å². The summed E-state index contributed by atoms with van der Waals surface area (Å²) in [7, 11) is 2.22. The summed E-state index contributed by atoms with van der Waals surface area (Å²) in [6, 6.07) is 7.02. The number of aromatic nitrogens is 1. The zero-order valence-corrected chi connectivity index (χ0v) is 12.1. The van der Waals surface area contributed by atoms with Crippen molar-refractivity contribution >= 4 is 0 Å². The SMILES string of the molecule is CN(CCc1ccccn1)C1CCCCCCC1N. The zero-order valence-electron chi connectivity index (χ0n) is 12.1. The third-order valence-corrected chi connectivity index (χ3v) is 4.29. The van der Waals surface area contributed by atoms with Gasteiger partial charge in [0.25, 0.3) is 0 Å². The molecule has 3 nitrogen and oxygen atoms in total. The normalized spacial score (nSPS) is 25.0. The lowest BCUT2D eigenvalue weighted by atomic mass is 9.92. The average molecular weight is 261 g/mol. The molecule has 1 aromatic rings. The van der Waals surface area contributed by atoms with Crippen LogP contribution in [-0.4, -0.2) is 35.6 Å². The topological polar surface area (TPSA) is 42.2 Å². The summed E-state index contributed by atoms with van der Waals surface area (Å²) in [5.74, 6) is 0. The van der Waals surface area contributed by atoms with Gasteiger partial charge in [-0.1, -0.05) is 31.7 Å². The highest BCUT2D eigenvalue weighted by Gasteiger charge is 2.22. The van der Waals surface area contributed by atoms with Gasteiger partial charge in [-0.05, 0) is 32.0 Å². The lowest BCUT2D eigenvalue weighted by Gasteiger charge is -2.34. The van der Waals surface area contributed by atoms with E-state index in [4.69, 9.17) is 5.73 Å². The van der Waals surface area contributed by atoms with Crippen molar-refractivity contribution in [2.24, 2.45) is 5.73 Å². The Bertz CT molecular complexity index is 352. The van der Waals surface area contributed by atoms with Crippen LogP contribution >= 0.6 is 0 Å². The molecular formula is C16H27N3. The summed E-state index contributed by atoms with van der Waals surface area (Å²) in [5.41, 5.74) is 7.54. The minimum absolute atomic E-state index is 0.342. The van der Waals surface area contributed by atoms with E-state index in [-0.39, 0.29) is 0 Å². The summed E-state index contributed by atoms with van der Waals surface area (Å²) in [6.45, 7) is 1.05. The van der Waals surface area contributed by atoms with E-state index in [1.807, 2.05) is 12.3 Å². The summed E-state index contributed by atoms with van der Waals surface area (Å²) >= 11 is 0. The third-order valence-electron chi connectivity index (χ3n) is 4.29. The first kappa shape index (κ1) is 14.5. The van der Waals surface area contributed by atoms with Gasteiger partial charge in [0.15, 0.2) is 0 Å². The van der Waals surface area contributed by atoms with Crippen LogP contribution in [0.5, 0.6) is 0 Å². The van der Waals surface area contributed by atoms with Gasteiger partial charge in [0.05, 0.1) is 0 Å². The maximum atomic E-state index is 6.36. The van der Waals surface area contributed by atoms with Crippen molar-refractivity contribution in [3.05, 3.63) is 30.1 Å². The average Bonchev–Trinajstić information content (AvgIpc) is 2.42. The molecule has 106 valence electrons. The molecule has 2 unspecified atom stereocenters. The Balaban J connectivity index is 1.84. The van der Waals surface area contributed by atoms with E-state index in [9.17, 15) is 0 Å². The summed E-state index contributed by atoms with van der Waals surface area (Å²) in [5, 5.41) is 0. The van der Waals surface area contributed by atoms with Crippen LogP contribution in [0.15, 0.2) is 24.4 Å². The van der Waals surface area contributed by atoms with Crippen LogP contribution in [0.4, 0.5) is 0 Å². The standard InChI is InChI=1S/C16H27N3/c1-19(13-11-14-8-6-7-12-18-14)16-10-5-3-2-4-9-15(16)17/h6-8,12,15-16H,2-5,9-11,13,17H2,1H3. The van der Waals surface area contributed by atoms with E-state index < -0.39 is 0 Å². The van der Waals surface area contributed by atoms with Gasteiger partial charge in [-0.15, -0.1) is 0 Å². The zero-order chi connectivity index (χ0) is 13.5. The Labute approximate surface area is 117 Å². The summed E-state index contributed by atoms with van der Waals surface area (Å²) in [4.78, 5) is 6.84. The van der Waals surface area contributed by atoms with Crippen molar-refractivity contribution in [3.8, 4) is 0 Å². The number of hydrogen-bond acceptors (Lipinski definition) is 3. The van der Waals surface area contributed by atoms with Crippen molar-refractivity contribution in [1.82, 2.24) is 9.88 Å². The number of nitrogens with zero attached hydrogens (tertiary/aromatic N) is 2. The molecule has 1 saturated carbocycles. The first-order valence-electron chi connectivity index (χ1n) is 7.63. The summed E-state index contributed by atoms with van der Waals surface area (Å²) in [6.07, 6.45) is 10.7. The minimum atomic E-state index is 0.342. The Morgan fingerprint density at radius 2 is 2.00 bits per heavy atom. The van der Waals surface area contributed by atoms with Crippen molar-refractivity contribution in [2.45, 2.75) is 57.0 Å². The molecule has 1 aromatic heterocycles. The van der Waals surface area contributed by atoms with E-state index in [2.05, 4.69) is 29.1 Å². The molecule has 0 radical (unpaired) electrons. The fraction of sp³-hybridized carbons (Fsp3) is 0.688. The molecule has 0 aromatic carbocycles. The quantitative estimate of drug-likeness (QED) is 0.906. The van der Waals surface area contributed by atoms with E-state index in [1.54, 1.807) is 0 Å². The Kier molecular flexibility index (Phi) is 5.80. The molecule has 2 rings (SSSR count). The second-order valence-electron chi connectivity index (χ2n) is 5.77. The monoisotopic (exact) mass is 261 g/mol. The number of rotatable bonds is 4. The lowest BCUT2D eigenvalue weighted by molar-refractivity contribution is 0.183. The first-order valence-corrected chi connectivity index (χ1v) is 7.63. The van der Waals surface area contributed by atoms with Gasteiger partial charge in [-0.25, -0.2) is 0 Å². The summed E-state index contributed by atoms with van der Waals surface area (Å²) < 4.78 is 0. The highest BCUT2D eigenvalue weighted by atomic mass is 15.1. The maximum absolute atomic E-state index is 6.36. The molecule has 1 heterocycles. The Hall–Kier alpha value is -0.930. The van der Waals surface area contributed by atoms with E-state index >= 15 is 0 Å². The Morgan fingerprint density at radius 3 is 2.74 bits per heavy atom. The molecule has 1 fully saturated rings. The van der Waals surface area contributed by atoms with E-state index in [0.717, 1.165) is 13.0 Å². The molecule has 1 aliphatic carbocycles. The molecule has 0 aliphatic heterocycles. The van der Waals surface area contributed by atoms with Crippen molar-refractivity contribution in [1.29, 1.82) is 0 Å². The van der Waals surface area contributed by atoms with Gasteiger partial charge in [0, 0.05) is 36.9 Å². The van der Waals surface area contributed by atoms with Gasteiger partial charge in [-0.2, -0.15) is 0 Å². The third kappa shape index (κ3) is 4.59. The number of pyridine rings is 1. The van der Waals surface area contributed by atoms with Crippen LogP contribution < -0.4 is 5.73 Å². The highest BCUT2D eigenvalue weighted by molar-refractivity contribution is 5.03. The highest BCUT2D eigenvalue weighted by Crippen LogP contribution is 2.20. The number of likely N-dealkylation sites (N-methyl/N-ethyl adjacent to an activating group) is 1. The van der Waals surface area contributed by atoms with Crippen LogP contribution in [0.2, 0.25) is 0 Å². The van der Waals surface area contributed by atoms with Crippen LogP contribution in [-0.2, 0) is 6.42 Å². The maximum Gasteiger partial charge on any atom is 0.0416 e. The van der Waals surface area contributed by atoms with Crippen LogP contribution in [0.3, 0.4) is 0 Å². The predicted molar refractivity (Wildman–Crippen MR) is 80.0 cm³/mol. The first-order chi connectivity index (χ1) is 9.27. The van der Waals surface area contributed by atoms with Gasteiger partial charge in [0.1, 0.15) is 0 Å². The molecule has 1 aliphatic rings. The second kappa shape index (κ2) is 7.61. The van der Waals surface area contributed by atoms with Crippen LogP contribution in [0.25, 0.3) is 0 Å². The predicted octanol–water partition coefficient (Wildman–Crippen LogP) is 2.61. The van der Waals surface area contributed by atoms with E-state index in [1.165, 1.54) is 44.2 Å². The molecule has 0 bridgehead atoms. The molecule has 19 heavy (non-hydrogen) atoms. The van der Waals surface area contributed by atoms with Gasteiger partial charge in [-0.3, -0.25) is 4.98 Å². The molecule has 3 heteroatoms. The minimum Gasteiger partial charge on any atom is -0.326 e. The second-order valence-corrected chi connectivity index (χ2v) is 5.77. The number of hydrogen-bond donors (Lipinski definition) is 1. The fourth-order valence-corrected chi connectivity index (χ4v) is 3.04. The van der Waals surface area contributed by atoms with Crippen molar-refractivity contribution in [3.63, 3.8) is 0 Å². The molecule has 2 atom stereocenters. The molecule has 0 amide bonds. The Morgan fingerprint density at radius 1 is 1.21 bits per heavy atom. The molecule has 0 spiro atoms.